The van der Waals surface area contributed by atoms with Gasteiger partial charge in [-0.25, -0.2) is 8.78 Å². The summed E-state index contributed by atoms with van der Waals surface area (Å²) in [6.45, 7) is 1.99. The molecule has 0 unspecified atom stereocenters. The summed E-state index contributed by atoms with van der Waals surface area (Å²) in [6, 6.07) is 28.4. The van der Waals surface area contributed by atoms with Crippen LogP contribution in [0, 0.1) is 11.6 Å². The third-order valence-corrected chi connectivity index (χ3v) is 6.17. The first-order valence-electron chi connectivity index (χ1n) is 10.9. The predicted octanol–water partition coefficient (Wildman–Crippen LogP) is 8.42. The minimum absolute atomic E-state index is 0.0333. The molecule has 0 bridgehead atoms. The van der Waals surface area contributed by atoms with E-state index in [9.17, 15) is 8.78 Å². The molecule has 4 rings (SSSR count). The first-order valence-corrected chi connectivity index (χ1v) is 11.2. The first-order chi connectivity index (χ1) is 15.5. The van der Waals surface area contributed by atoms with Crippen LogP contribution in [-0.2, 0) is 19.3 Å². The highest BCUT2D eigenvalue weighted by atomic mass is 35.5. The SMILES string of the molecule is C[C@@H](Cc1c(F)cc(-c2ccc(CCc3ccc(Cl)cc3)cc2)cc1F)c1ccccc1. The lowest BCUT2D eigenvalue weighted by Crippen LogP contribution is -2.04. The van der Waals surface area contributed by atoms with Crippen LogP contribution >= 0.6 is 11.6 Å². The molecule has 0 heterocycles. The highest BCUT2D eigenvalue weighted by Gasteiger charge is 2.16. The van der Waals surface area contributed by atoms with E-state index >= 15 is 0 Å². The molecule has 32 heavy (non-hydrogen) atoms. The molecule has 0 nitrogen and oxygen atoms in total. The molecule has 0 saturated heterocycles. The van der Waals surface area contributed by atoms with E-state index in [1.807, 2.05) is 85.8 Å². The number of aryl methyl sites for hydroxylation is 2. The van der Waals surface area contributed by atoms with E-state index in [1.54, 1.807) is 0 Å². The van der Waals surface area contributed by atoms with Crippen LogP contribution in [0.15, 0.2) is 91.0 Å². The van der Waals surface area contributed by atoms with Crippen LogP contribution in [0.3, 0.4) is 0 Å². The van der Waals surface area contributed by atoms with Gasteiger partial charge in [-0.3, -0.25) is 0 Å². The first kappa shape index (κ1) is 22.2. The van der Waals surface area contributed by atoms with Gasteiger partial charge in [-0.2, -0.15) is 0 Å². The van der Waals surface area contributed by atoms with Crippen molar-refractivity contribution in [2.24, 2.45) is 0 Å². The lowest BCUT2D eigenvalue weighted by atomic mass is 9.92. The molecule has 0 aliphatic heterocycles. The molecule has 0 radical (unpaired) electrons. The Hall–Kier alpha value is -2.97. The Morgan fingerprint density at radius 2 is 1.22 bits per heavy atom. The van der Waals surface area contributed by atoms with Gasteiger partial charge in [0, 0.05) is 10.6 Å². The van der Waals surface area contributed by atoms with Crippen LogP contribution in [0.4, 0.5) is 8.78 Å². The molecule has 4 aromatic carbocycles. The zero-order chi connectivity index (χ0) is 22.5. The molecule has 0 saturated carbocycles. The molecule has 0 aliphatic carbocycles. The second-order valence-electron chi connectivity index (χ2n) is 8.26. The van der Waals surface area contributed by atoms with E-state index in [0.29, 0.717) is 12.0 Å². The number of rotatable bonds is 7. The molecule has 0 amide bonds. The average Bonchev–Trinajstić information content (AvgIpc) is 2.81. The molecule has 4 aromatic rings. The maximum absolute atomic E-state index is 14.8. The molecule has 0 fully saturated rings. The number of hydrogen-bond donors (Lipinski definition) is 0. The zero-order valence-electron chi connectivity index (χ0n) is 18.0. The van der Waals surface area contributed by atoms with Gasteiger partial charge in [0.05, 0.1) is 0 Å². The Balaban J connectivity index is 1.46. The van der Waals surface area contributed by atoms with E-state index in [-0.39, 0.29) is 11.5 Å². The smallest absolute Gasteiger partial charge is 0.129 e. The Kier molecular flexibility index (Phi) is 7.02. The summed E-state index contributed by atoms with van der Waals surface area (Å²) in [6.07, 6.45) is 2.13. The highest BCUT2D eigenvalue weighted by Crippen LogP contribution is 2.29. The maximum atomic E-state index is 14.8. The Morgan fingerprint density at radius 1 is 0.688 bits per heavy atom. The topological polar surface area (TPSA) is 0 Å². The van der Waals surface area contributed by atoms with Crippen molar-refractivity contribution in [2.75, 3.05) is 0 Å². The second kappa shape index (κ2) is 10.1. The van der Waals surface area contributed by atoms with Gasteiger partial charge in [0.2, 0.25) is 0 Å². The Bertz CT molecular complexity index is 1140. The fourth-order valence-electron chi connectivity index (χ4n) is 3.97. The molecule has 0 spiro atoms. The molecule has 0 N–H and O–H groups in total. The lowest BCUT2D eigenvalue weighted by molar-refractivity contribution is 0.544. The van der Waals surface area contributed by atoms with Crippen LogP contribution < -0.4 is 0 Å². The minimum atomic E-state index is -0.491. The van der Waals surface area contributed by atoms with Crippen molar-refractivity contribution in [1.29, 1.82) is 0 Å². The molecule has 162 valence electrons. The summed E-state index contributed by atoms with van der Waals surface area (Å²) in [5.41, 5.74) is 4.98. The standard InChI is InChI=1S/C29H25ClF2/c1-20(23-5-3-2-4-6-23)17-27-28(31)18-25(19-29(27)32)24-13-9-21(10-14-24)7-8-22-11-15-26(30)16-12-22/h2-6,9-16,18-20H,7-8,17H2,1H3/t20-/m0/s1. The van der Waals surface area contributed by atoms with Crippen molar-refractivity contribution >= 4 is 11.6 Å². The molecule has 3 heteroatoms. The van der Waals surface area contributed by atoms with Gasteiger partial charge < -0.3 is 0 Å². The Morgan fingerprint density at radius 3 is 1.78 bits per heavy atom. The monoisotopic (exact) mass is 446 g/mol. The fourth-order valence-corrected chi connectivity index (χ4v) is 4.10. The van der Waals surface area contributed by atoms with Crippen LogP contribution in [0.5, 0.6) is 0 Å². The largest absolute Gasteiger partial charge is 0.207 e. The van der Waals surface area contributed by atoms with E-state index < -0.39 is 11.6 Å². The van der Waals surface area contributed by atoms with Crippen LogP contribution in [0.1, 0.15) is 35.1 Å². The highest BCUT2D eigenvalue weighted by molar-refractivity contribution is 6.30. The van der Waals surface area contributed by atoms with E-state index in [4.69, 9.17) is 11.6 Å². The summed E-state index contributed by atoms with van der Waals surface area (Å²) in [7, 11) is 0. The number of hydrogen-bond acceptors (Lipinski definition) is 0. The third kappa shape index (κ3) is 5.44. The molecular weight excluding hydrogens is 422 g/mol. The van der Waals surface area contributed by atoms with Crippen molar-refractivity contribution in [3.05, 3.63) is 130 Å². The zero-order valence-corrected chi connectivity index (χ0v) is 18.7. The van der Waals surface area contributed by atoms with Crippen molar-refractivity contribution < 1.29 is 8.78 Å². The predicted molar refractivity (Wildman–Crippen MR) is 129 cm³/mol. The van der Waals surface area contributed by atoms with Crippen molar-refractivity contribution in [3.63, 3.8) is 0 Å². The summed E-state index contributed by atoms with van der Waals surface area (Å²) in [5.74, 6) is -0.949. The summed E-state index contributed by atoms with van der Waals surface area (Å²) in [4.78, 5) is 0. The van der Waals surface area contributed by atoms with Gasteiger partial charge in [0.15, 0.2) is 0 Å². The van der Waals surface area contributed by atoms with Gasteiger partial charge in [0.1, 0.15) is 11.6 Å². The molecule has 0 aliphatic rings. The molecule has 0 aromatic heterocycles. The average molecular weight is 447 g/mol. The van der Waals surface area contributed by atoms with E-state index in [1.165, 1.54) is 23.3 Å². The van der Waals surface area contributed by atoms with Crippen molar-refractivity contribution in [1.82, 2.24) is 0 Å². The normalized spacial score (nSPS) is 12.0. The van der Waals surface area contributed by atoms with Crippen LogP contribution in [0.2, 0.25) is 5.02 Å². The summed E-state index contributed by atoms with van der Waals surface area (Å²) >= 11 is 5.94. The quantitative estimate of drug-likeness (QED) is 0.267. The summed E-state index contributed by atoms with van der Waals surface area (Å²) < 4.78 is 29.7. The number of benzene rings is 4. The maximum Gasteiger partial charge on any atom is 0.129 e. The molecule has 1 atom stereocenters. The summed E-state index contributed by atoms with van der Waals surface area (Å²) in [5, 5.41) is 0.734. The third-order valence-electron chi connectivity index (χ3n) is 5.92. The van der Waals surface area contributed by atoms with Crippen LogP contribution in [-0.4, -0.2) is 0 Å². The van der Waals surface area contributed by atoms with Gasteiger partial charge in [-0.05, 0) is 77.3 Å². The molecular formula is C29H25ClF2. The van der Waals surface area contributed by atoms with Crippen molar-refractivity contribution in [2.45, 2.75) is 32.1 Å². The number of halogens is 3. The van der Waals surface area contributed by atoms with Crippen LogP contribution in [0.25, 0.3) is 11.1 Å². The van der Waals surface area contributed by atoms with E-state index in [2.05, 4.69) is 0 Å². The minimum Gasteiger partial charge on any atom is -0.207 e. The van der Waals surface area contributed by atoms with Crippen molar-refractivity contribution in [3.8, 4) is 11.1 Å². The van der Waals surface area contributed by atoms with Gasteiger partial charge in [-0.1, -0.05) is 85.3 Å². The Labute approximate surface area is 193 Å². The fraction of sp³-hybridized carbons (Fsp3) is 0.172. The van der Waals surface area contributed by atoms with Gasteiger partial charge in [-0.15, -0.1) is 0 Å². The lowest BCUT2D eigenvalue weighted by Gasteiger charge is -2.14. The second-order valence-corrected chi connectivity index (χ2v) is 8.69. The van der Waals surface area contributed by atoms with Gasteiger partial charge >= 0.3 is 0 Å². The van der Waals surface area contributed by atoms with E-state index in [0.717, 1.165) is 29.0 Å². The van der Waals surface area contributed by atoms with Gasteiger partial charge in [0.25, 0.3) is 0 Å².